The van der Waals surface area contributed by atoms with Gasteiger partial charge in [0.2, 0.25) is 0 Å². The van der Waals surface area contributed by atoms with E-state index < -0.39 is 24.9 Å². The van der Waals surface area contributed by atoms with Gasteiger partial charge in [0.15, 0.2) is 19.7 Å². The Labute approximate surface area is 149 Å². The summed E-state index contributed by atoms with van der Waals surface area (Å²) >= 11 is 0. The highest BCUT2D eigenvalue weighted by atomic mass is 32.2. The first-order valence-electron chi connectivity index (χ1n) is 8.53. The fraction of sp³-hybridized carbons (Fsp3) is 0.588. The summed E-state index contributed by atoms with van der Waals surface area (Å²) in [5.74, 6) is -0.0111. The van der Waals surface area contributed by atoms with E-state index in [1.165, 1.54) is 24.3 Å². The molecular formula is C17H23NO5S2. The highest BCUT2D eigenvalue weighted by molar-refractivity contribution is 7.96. The highest BCUT2D eigenvalue weighted by Crippen LogP contribution is 2.26. The molecule has 1 amide bonds. The Kier molecular flexibility index (Phi) is 4.94. The zero-order valence-corrected chi connectivity index (χ0v) is 15.9. The molecular weight excluding hydrogens is 362 g/mol. The average Bonchev–Trinajstić information content (AvgIpc) is 2.95. The van der Waals surface area contributed by atoms with Gasteiger partial charge in [0, 0.05) is 18.7 Å². The van der Waals surface area contributed by atoms with E-state index in [1.54, 1.807) is 4.90 Å². The zero-order chi connectivity index (χ0) is 18.2. The molecule has 0 spiro atoms. The lowest BCUT2D eigenvalue weighted by Gasteiger charge is -2.31. The molecule has 2 aliphatic rings. The minimum Gasteiger partial charge on any atom is -0.338 e. The van der Waals surface area contributed by atoms with Crippen LogP contribution >= 0.6 is 0 Å². The number of rotatable bonds is 3. The molecule has 2 unspecified atom stereocenters. The van der Waals surface area contributed by atoms with Crippen molar-refractivity contribution in [2.75, 3.05) is 24.6 Å². The van der Waals surface area contributed by atoms with Crippen LogP contribution in [0.25, 0.3) is 0 Å². The minimum atomic E-state index is -3.69. The lowest BCUT2D eigenvalue weighted by atomic mass is 9.99. The summed E-state index contributed by atoms with van der Waals surface area (Å²) in [6.07, 6.45) is 2.23. The molecule has 0 radical (unpaired) electrons. The summed E-state index contributed by atoms with van der Waals surface area (Å²) in [6, 6.07) is 5.89. The second kappa shape index (κ2) is 6.72. The van der Waals surface area contributed by atoms with E-state index in [0.717, 1.165) is 25.9 Å². The number of carbonyl (C=O) groups is 1. The van der Waals surface area contributed by atoms with Gasteiger partial charge >= 0.3 is 0 Å². The van der Waals surface area contributed by atoms with Gasteiger partial charge in [-0.3, -0.25) is 4.79 Å². The van der Waals surface area contributed by atoms with E-state index in [1.807, 2.05) is 0 Å². The van der Waals surface area contributed by atoms with Gasteiger partial charge in [0.05, 0.1) is 21.7 Å². The fourth-order valence-electron chi connectivity index (χ4n) is 3.54. The largest absolute Gasteiger partial charge is 0.338 e. The molecule has 0 saturated carbocycles. The second-order valence-electron chi connectivity index (χ2n) is 7.09. The summed E-state index contributed by atoms with van der Waals surface area (Å²) in [5, 5.41) is -0.887. The van der Waals surface area contributed by atoms with Gasteiger partial charge in [-0.2, -0.15) is 0 Å². The van der Waals surface area contributed by atoms with E-state index in [2.05, 4.69) is 6.92 Å². The van der Waals surface area contributed by atoms with Crippen LogP contribution in [0, 0.1) is 5.92 Å². The van der Waals surface area contributed by atoms with Crippen LogP contribution in [-0.2, 0) is 19.7 Å². The van der Waals surface area contributed by atoms with Gasteiger partial charge in [0.1, 0.15) is 0 Å². The van der Waals surface area contributed by atoms with Crippen LogP contribution < -0.4 is 0 Å². The molecule has 0 aromatic heterocycles. The average molecular weight is 386 g/mol. The van der Waals surface area contributed by atoms with E-state index in [4.69, 9.17) is 0 Å². The Morgan fingerprint density at radius 2 is 1.84 bits per heavy atom. The first-order chi connectivity index (χ1) is 11.7. The maximum Gasteiger partial charge on any atom is 0.253 e. The molecule has 0 bridgehead atoms. The third-order valence-corrected chi connectivity index (χ3v) is 9.19. The molecule has 1 aromatic rings. The van der Waals surface area contributed by atoms with E-state index in [9.17, 15) is 21.6 Å². The van der Waals surface area contributed by atoms with Gasteiger partial charge in [-0.05, 0) is 49.4 Å². The van der Waals surface area contributed by atoms with Gasteiger partial charge in [-0.1, -0.05) is 6.92 Å². The number of likely N-dealkylation sites (tertiary alicyclic amines) is 1. The molecule has 2 saturated heterocycles. The van der Waals surface area contributed by atoms with Crippen LogP contribution in [-0.4, -0.2) is 57.5 Å². The third kappa shape index (κ3) is 3.89. The predicted octanol–water partition coefficient (Wildman–Crippen LogP) is 1.52. The number of nitrogens with zero attached hydrogens (tertiary/aromatic N) is 1. The number of benzene rings is 1. The number of hydrogen-bond acceptors (Lipinski definition) is 5. The lowest BCUT2D eigenvalue weighted by Crippen LogP contribution is -2.39. The maximum atomic E-state index is 12.6. The van der Waals surface area contributed by atoms with Crippen molar-refractivity contribution >= 4 is 25.6 Å². The maximum absolute atomic E-state index is 12.6. The molecule has 3 rings (SSSR count). The Balaban J connectivity index is 1.77. The van der Waals surface area contributed by atoms with Crippen LogP contribution in [0.5, 0.6) is 0 Å². The Morgan fingerprint density at radius 3 is 2.40 bits per heavy atom. The predicted molar refractivity (Wildman–Crippen MR) is 95.0 cm³/mol. The Morgan fingerprint density at radius 1 is 1.16 bits per heavy atom. The zero-order valence-electron chi connectivity index (χ0n) is 14.2. The number of piperidine rings is 1. The van der Waals surface area contributed by atoms with Crippen LogP contribution in [0.3, 0.4) is 0 Å². The van der Waals surface area contributed by atoms with Crippen molar-refractivity contribution < 1.29 is 21.6 Å². The summed E-state index contributed by atoms with van der Waals surface area (Å²) in [6.45, 7) is 3.56. The quantitative estimate of drug-likeness (QED) is 0.787. The van der Waals surface area contributed by atoms with Crippen molar-refractivity contribution in [3.63, 3.8) is 0 Å². The number of carbonyl (C=O) groups excluding carboxylic acids is 1. The fourth-order valence-corrected chi connectivity index (χ4v) is 7.90. The molecule has 25 heavy (non-hydrogen) atoms. The molecule has 138 valence electrons. The van der Waals surface area contributed by atoms with Crippen molar-refractivity contribution in [2.24, 2.45) is 5.92 Å². The van der Waals surface area contributed by atoms with Crippen LogP contribution in [0.4, 0.5) is 0 Å². The highest BCUT2D eigenvalue weighted by Gasteiger charge is 2.38. The molecule has 1 aromatic carbocycles. The van der Waals surface area contributed by atoms with Gasteiger partial charge < -0.3 is 4.90 Å². The monoisotopic (exact) mass is 385 g/mol. The van der Waals surface area contributed by atoms with E-state index in [0.29, 0.717) is 11.5 Å². The molecule has 6 nitrogen and oxygen atoms in total. The number of amides is 1. The van der Waals surface area contributed by atoms with Crippen molar-refractivity contribution in [1.82, 2.24) is 4.90 Å². The second-order valence-corrected chi connectivity index (χ2v) is 11.5. The van der Waals surface area contributed by atoms with Crippen molar-refractivity contribution in [2.45, 2.75) is 36.3 Å². The van der Waals surface area contributed by atoms with Crippen LogP contribution in [0.2, 0.25) is 0 Å². The first-order valence-corrected chi connectivity index (χ1v) is 11.9. The van der Waals surface area contributed by atoms with Crippen molar-refractivity contribution in [3.8, 4) is 0 Å². The molecule has 8 heteroatoms. The van der Waals surface area contributed by atoms with E-state index in [-0.39, 0.29) is 28.7 Å². The summed E-state index contributed by atoms with van der Waals surface area (Å²) < 4.78 is 48.3. The molecule has 2 heterocycles. The molecule has 2 fully saturated rings. The molecule has 2 atom stereocenters. The van der Waals surface area contributed by atoms with Gasteiger partial charge in [-0.15, -0.1) is 0 Å². The number of hydrogen-bond donors (Lipinski definition) is 0. The standard InChI is InChI=1S/C17H23NO5S2/c1-13-3-2-9-18(11-13)17(19)14-4-6-15(7-5-14)25(22,23)16-8-10-24(20,21)12-16/h4-7,13,16H,2-3,8-12H2,1H3. The van der Waals surface area contributed by atoms with Gasteiger partial charge in [0.25, 0.3) is 5.91 Å². The van der Waals surface area contributed by atoms with E-state index >= 15 is 0 Å². The Bertz CT molecular complexity index is 859. The normalized spacial score (nSPS) is 26.5. The summed E-state index contributed by atoms with van der Waals surface area (Å²) in [5.41, 5.74) is 0.465. The topological polar surface area (TPSA) is 88.6 Å². The van der Waals surface area contributed by atoms with Gasteiger partial charge in [-0.25, -0.2) is 16.8 Å². The SMILES string of the molecule is CC1CCCN(C(=O)c2ccc(S(=O)(=O)C3CCS(=O)(=O)C3)cc2)C1. The Hall–Kier alpha value is -1.41. The molecule has 0 aliphatic carbocycles. The van der Waals surface area contributed by atoms with Crippen molar-refractivity contribution in [1.29, 1.82) is 0 Å². The van der Waals surface area contributed by atoms with Crippen molar-refractivity contribution in [3.05, 3.63) is 29.8 Å². The summed E-state index contributed by atoms with van der Waals surface area (Å²) in [4.78, 5) is 14.4. The van der Waals surface area contributed by atoms with Crippen LogP contribution in [0.1, 0.15) is 36.5 Å². The third-order valence-electron chi connectivity index (χ3n) is 5.00. The lowest BCUT2D eigenvalue weighted by molar-refractivity contribution is 0.0683. The summed E-state index contributed by atoms with van der Waals surface area (Å²) in [7, 11) is -6.96. The van der Waals surface area contributed by atoms with Crippen LogP contribution in [0.15, 0.2) is 29.2 Å². The first kappa shape index (κ1) is 18.4. The number of sulfone groups is 2. The molecule has 2 aliphatic heterocycles. The minimum absolute atomic E-state index is 0.0816. The smallest absolute Gasteiger partial charge is 0.253 e. The molecule has 0 N–H and O–H groups in total.